The molecule has 0 spiro atoms. The third kappa shape index (κ3) is 3.13. The smallest absolute Gasteiger partial charge is 0.179 e. The first-order chi connectivity index (χ1) is 7.99. The standard InChI is InChI=1S/C14H17NO2/c1-14(2,3)17-13-10(9-15)5-4-6-12(13)16-11-7-8-11/h4-6,11H,7-8H2,1-3H3. The van der Waals surface area contributed by atoms with Gasteiger partial charge in [-0.05, 0) is 45.7 Å². The summed E-state index contributed by atoms with van der Waals surface area (Å²) in [5.74, 6) is 1.25. The maximum absolute atomic E-state index is 9.10. The van der Waals surface area contributed by atoms with Crippen LogP contribution < -0.4 is 9.47 Å². The van der Waals surface area contributed by atoms with Crippen molar-refractivity contribution in [2.75, 3.05) is 0 Å². The van der Waals surface area contributed by atoms with Crippen molar-refractivity contribution < 1.29 is 9.47 Å². The van der Waals surface area contributed by atoms with Gasteiger partial charge in [-0.2, -0.15) is 5.26 Å². The van der Waals surface area contributed by atoms with Gasteiger partial charge in [-0.25, -0.2) is 0 Å². The van der Waals surface area contributed by atoms with E-state index >= 15 is 0 Å². The van der Waals surface area contributed by atoms with Gasteiger partial charge in [0, 0.05) is 0 Å². The second-order valence-electron chi connectivity index (χ2n) is 5.28. The molecule has 90 valence electrons. The van der Waals surface area contributed by atoms with E-state index in [1.807, 2.05) is 32.9 Å². The van der Waals surface area contributed by atoms with Gasteiger partial charge in [-0.3, -0.25) is 0 Å². The van der Waals surface area contributed by atoms with Gasteiger partial charge in [-0.1, -0.05) is 6.07 Å². The molecular weight excluding hydrogens is 214 g/mol. The Morgan fingerprint density at radius 3 is 2.53 bits per heavy atom. The summed E-state index contributed by atoms with van der Waals surface area (Å²) in [6.45, 7) is 5.88. The van der Waals surface area contributed by atoms with Crippen LogP contribution in [-0.4, -0.2) is 11.7 Å². The molecule has 0 atom stereocenters. The topological polar surface area (TPSA) is 42.2 Å². The SMILES string of the molecule is CC(C)(C)Oc1c(C#N)cccc1OC1CC1. The van der Waals surface area contributed by atoms with Crippen LogP contribution in [0.4, 0.5) is 0 Å². The summed E-state index contributed by atoms with van der Waals surface area (Å²) in [7, 11) is 0. The fourth-order valence-electron chi connectivity index (χ4n) is 1.47. The third-order valence-electron chi connectivity index (χ3n) is 2.33. The molecule has 0 aromatic heterocycles. The van der Waals surface area contributed by atoms with Crippen LogP contribution in [-0.2, 0) is 0 Å². The first-order valence-corrected chi connectivity index (χ1v) is 5.88. The van der Waals surface area contributed by atoms with E-state index in [-0.39, 0.29) is 5.60 Å². The maximum atomic E-state index is 9.10. The minimum absolute atomic E-state index is 0.297. The van der Waals surface area contributed by atoms with Crippen LogP contribution >= 0.6 is 0 Å². The number of benzene rings is 1. The van der Waals surface area contributed by atoms with Crippen molar-refractivity contribution in [1.29, 1.82) is 5.26 Å². The maximum Gasteiger partial charge on any atom is 0.179 e. The molecule has 3 nitrogen and oxygen atoms in total. The van der Waals surface area contributed by atoms with Gasteiger partial charge in [0.25, 0.3) is 0 Å². The van der Waals surface area contributed by atoms with Crippen molar-refractivity contribution >= 4 is 0 Å². The molecule has 2 rings (SSSR count). The van der Waals surface area contributed by atoms with Crippen LogP contribution in [0.15, 0.2) is 18.2 Å². The fourth-order valence-corrected chi connectivity index (χ4v) is 1.47. The normalized spacial score (nSPS) is 15.2. The Hall–Kier alpha value is -1.69. The molecule has 3 heteroatoms. The van der Waals surface area contributed by atoms with Crippen molar-refractivity contribution in [3.8, 4) is 17.6 Å². The zero-order valence-electron chi connectivity index (χ0n) is 10.5. The number of hydrogen-bond donors (Lipinski definition) is 0. The first kappa shape index (κ1) is 11.8. The van der Waals surface area contributed by atoms with Gasteiger partial charge >= 0.3 is 0 Å². The van der Waals surface area contributed by atoms with Crippen LogP contribution in [0.5, 0.6) is 11.5 Å². The number of rotatable bonds is 3. The molecule has 0 aliphatic heterocycles. The Bertz CT molecular complexity index is 450. The monoisotopic (exact) mass is 231 g/mol. The summed E-state index contributed by atoms with van der Waals surface area (Å²) in [5, 5.41) is 9.10. The second kappa shape index (κ2) is 4.29. The van der Waals surface area contributed by atoms with Crippen LogP contribution in [0.25, 0.3) is 0 Å². The quantitative estimate of drug-likeness (QED) is 0.801. The first-order valence-electron chi connectivity index (χ1n) is 5.88. The fraction of sp³-hybridized carbons (Fsp3) is 0.500. The lowest BCUT2D eigenvalue weighted by atomic mass is 10.1. The molecule has 1 fully saturated rings. The highest BCUT2D eigenvalue weighted by Gasteiger charge is 2.27. The van der Waals surface area contributed by atoms with E-state index in [2.05, 4.69) is 6.07 Å². The van der Waals surface area contributed by atoms with Crippen LogP contribution in [0.1, 0.15) is 39.2 Å². The summed E-state index contributed by atoms with van der Waals surface area (Å²) in [4.78, 5) is 0. The Labute approximate surface area is 102 Å². The minimum atomic E-state index is -0.339. The Morgan fingerprint density at radius 2 is 2.00 bits per heavy atom. The van der Waals surface area contributed by atoms with Crippen molar-refractivity contribution in [3.63, 3.8) is 0 Å². The molecule has 17 heavy (non-hydrogen) atoms. The van der Waals surface area contributed by atoms with Crippen molar-refractivity contribution in [2.45, 2.75) is 45.3 Å². The average Bonchev–Trinajstić information content (AvgIpc) is 3.02. The summed E-state index contributed by atoms with van der Waals surface area (Å²) in [6.07, 6.45) is 2.48. The van der Waals surface area contributed by atoms with E-state index in [4.69, 9.17) is 14.7 Å². The highest BCUT2D eigenvalue weighted by molar-refractivity contribution is 5.52. The Kier molecular flexibility index (Phi) is 2.97. The molecule has 1 aromatic rings. The van der Waals surface area contributed by atoms with Crippen LogP contribution in [0.2, 0.25) is 0 Å². The molecule has 0 saturated heterocycles. The van der Waals surface area contributed by atoms with E-state index in [9.17, 15) is 0 Å². The molecule has 0 heterocycles. The molecule has 0 bridgehead atoms. The second-order valence-corrected chi connectivity index (χ2v) is 5.28. The lowest BCUT2D eigenvalue weighted by Gasteiger charge is -2.23. The van der Waals surface area contributed by atoms with Crippen molar-refractivity contribution in [2.24, 2.45) is 0 Å². The lowest BCUT2D eigenvalue weighted by Crippen LogP contribution is -2.24. The molecule has 1 aliphatic rings. The number of para-hydroxylation sites is 1. The number of ether oxygens (including phenoxy) is 2. The van der Waals surface area contributed by atoms with E-state index in [1.54, 1.807) is 6.07 Å². The highest BCUT2D eigenvalue weighted by Crippen LogP contribution is 2.37. The largest absolute Gasteiger partial charge is 0.486 e. The van der Waals surface area contributed by atoms with E-state index in [1.165, 1.54) is 0 Å². The summed E-state index contributed by atoms with van der Waals surface area (Å²) >= 11 is 0. The van der Waals surface area contributed by atoms with E-state index < -0.39 is 0 Å². The number of nitriles is 1. The molecule has 0 amide bonds. The summed E-state index contributed by atoms with van der Waals surface area (Å²) in [6, 6.07) is 7.58. The highest BCUT2D eigenvalue weighted by atomic mass is 16.5. The summed E-state index contributed by atoms with van der Waals surface area (Å²) < 4.78 is 11.6. The zero-order valence-corrected chi connectivity index (χ0v) is 10.5. The Morgan fingerprint density at radius 1 is 1.29 bits per heavy atom. The van der Waals surface area contributed by atoms with Gasteiger partial charge in [0.05, 0.1) is 11.7 Å². The van der Waals surface area contributed by atoms with Gasteiger partial charge in [0.15, 0.2) is 11.5 Å². The van der Waals surface area contributed by atoms with E-state index in [0.717, 1.165) is 12.8 Å². The average molecular weight is 231 g/mol. The van der Waals surface area contributed by atoms with Gasteiger partial charge in [0.1, 0.15) is 11.7 Å². The van der Waals surface area contributed by atoms with Crippen LogP contribution in [0, 0.1) is 11.3 Å². The molecule has 0 radical (unpaired) electrons. The van der Waals surface area contributed by atoms with Gasteiger partial charge in [-0.15, -0.1) is 0 Å². The lowest BCUT2D eigenvalue weighted by molar-refractivity contribution is 0.122. The van der Waals surface area contributed by atoms with Crippen molar-refractivity contribution in [1.82, 2.24) is 0 Å². The minimum Gasteiger partial charge on any atom is -0.486 e. The summed E-state index contributed by atoms with van der Waals surface area (Å²) in [5.41, 5.74) is 0.187. The number of nitrogens with zero attached hydrogens (tertiary/aromatic N) is 1. The molecule has 1 aliphatic carbocycles. The third-order valence-corrected chi connectivity index (χ3v) is 2.33. The molecule has 1 saturated carbocycles. The molecule has 0 N–H and O–H groups in total. The molecule has 1 aromatic carbocycles. The Balaban J connectivity index is 2.32. The van der Waals surface area contributed by atoms with E-state index in [0.29, 0.717) is 23.2 Å². The van der Waals surface area contributed by atoms with Crippen LogP contribution in [0.3, 0.4) is 0 Å². The number of hydrogen-bond acceptors (Lipinski definition) is 3. The zero-order chi connectivity index (χ0) is 12.5. The van der Waals surface area contributed by atoms with Gasteiger partial charge in [0.2, 0.25) is 0 Å². The predicted octanol–water partition coefficient (Wildman–Crippen LogP) is 3.28. The molecule has 0 unspecified atom stereocenters. The van der Waals surface area contributed by atoms with Crippen molar-refractivity contribution in [3.05, 3.63) is 23.8 Å². The molecular formula is C14H17NO2. The van der Waals surface area contributed by atoms with Gasteiger partial charge < -0.3 is 9.47 Å². The predicted molar refractivity (Wildman–Crippen MR) is 65.2 cm³/mol.